The van der Waals surface area contributed by atoms with Gasteiger partial charge >= 0.3 is 0 Å². The topological polar surface area (TPSA) is 58.0 Å². The van der Waals surface area contributed by atoms with Gasteiger partial charge in [-0.15, -0.1) is 0 Å². The van der Waals surface area contributed by atoms with Crippen molar-refractivity contribution in [3.63, 3.8) is 0 Å². The highest BCUT2D eigenvalue weighted by molar-refractivity contribution is 5.87. The van der Waals surface area contributed by atoms with E-state index in [-0.39, 0.29) is 17.1 Å². The van der Waals surface area contributed by atoms with Crippen molar-refractivity contribution in [3.8, 4) is 17.1 Å². The summed E-state index contributed by atoms with van der Waals surface area (Å²) in [6.07, 6.45) is 0.577. The molecule has 0 aliphatic rings. The Hall–Kier alpha value is -2.56. The first-order valence-electron chi connectivity index (χ1n) is 6.71. The van der Waals surface area contributed by atoms with E-state index < -0.39 is 0 Å². The molecule has 0 saturated carbocycles. The van der Waals surface area contributed by atoms with Crippen LogP contribution in [0.3, 0.4) is 0 Å². The van der Waals surface area contributed by atoms with E-state index in [1.165, 1.54) is 18.2 Å². The third-order valence-corrected chi connectivity index (χ3v) is 3.74. The van der Waals surface area contributed by atoms with E-state index in [4.69, 9.17) is 0 Å². The van der Waals surface area contributed by atoms with Crippen molar-refractivity contribution < 1.29 is 9.50 Å². The van der Waals surface area contributed by atoms with Crippen LogP contribution < -0.4 is 5.56 Å². The Kier molecular flexibility index (Phi) is 3.05. The van der Waals surface area contributed by atoms with Crippen LogP contribution in [0.5, 0.6) is 5.75 Å². The van der Waals surface area contributed by atoms with Crippen molar-refractivity contribution in [2.24, 2.45) is 7.05 Å². The number of fused-ring (bicyclic) bond motifs is 1. The van der Waals surface area contributed by atoms with Gasteiger partial charge in [-0.2, -0.15) is 0 Å². The predicted molar refractivity (Wildman–Crippen MR) is 80.0 cm³/mol. The molecular formula is C16H15FN2O2. The zero-order valence-corrected chi connectivity index (χ0v) is 11.8. The molecule has 21 heavy (non-hydrogen) atoms. The van der Waals surface area contributed by atoms with Gasteiger partial charge in [-0.3, -0.25) is 4.79 Å². The van der Waals surface area contributed by atoms with Crippen LogP contribution in [-0.2, 0) is 13.5 Å². The maximum atomic E-state index is 13.3. The minimum atomic E-state index is -0.365. The van der Waals surface area contributed by atoms with Gasteiger partial charge in [0.15, 0.2) is 0 Å². The summed E-state index contributed by atoms with van der Waals surface area (Å²) in [4.78, 5) is 14.4. The molecule has 2 heterocycles. The molecule has 0 saturated heterocycles. The first kappa shape index (κ1) is 13.4. The average Bonchev–Trinajstić information content (AvgIpc) is 2.74. The van der Waals surface area contributed by atoms with Gasteiger partial charge in [0.1, 0.15) is 11.6 Å². The van der Waals surface area contributed by atoms with E-state index >= 15 is 0 Å². The van der Waals surface area contributed by atoms with E-state index in [1.54, 1.807) is 6.07 Å². The molecule has 2 N–H and O–H groups in total. The smallest absolute Gasteiger partial charge is 0.252 e. The van der Waals surface area contributed by atoms with Gasteiger partial charge in [0.05, 0.1) is 11.4 Å². The van der Waals surface area contributed by atoms with Gasteiger partial charge in [0.25, 0.3) is 5.56 Å². The Balaban J connectivity index is 2.35. The molecule has 0 spiro atoms. The molecule has 1 aromatic carbocycles. The number of aromatic nitrogens is 2. The lowest BCUT2D eigenvalue weighted by Gasteiger charge is -2.10. The van der Waals surface area contributed by atoms with Crippen molar-refractivity contribution in [1.29, 1.82) is 0 Å². The summed E-state index contributed by atoms with van der Waals surface area (Å²) in [7, 11) is 1.84. The van der Waals surface area contributed by atoms with Crippen LogP contribution in [0, 0.1) is 5.82 Å². The molecule has 0 atom stereocenters. The summed E-state index contributed by atoms with van der Waals surface area (Å²) < 4.78 is 15.2. The number of hydrogen-bond donors (Lipinski definition) is 2. The van der Waals surface area contributed by atoms with Gasteiger partial charge in [-0.1, -0.05) is 6.92 Å². The summed E-state index contributed by atoms with van der Waals surface area (Å²) in [5.74, 6) is -0.326. The number of benzene rings is 1. The van der Waals surface area contributed by atoms with Crippen LogP contribution in [0.4, 0.5) is 4.39 Å². The summed E-state index contributed by atoms with van der Waals surface area (Å²) >= 11 is 0. The van der Waals surface area contributed by atoms with Crippen molar-refractivity contribution in [3.05, 3.63) is 52.1 Å². The number of aromatic hydroxyl groups is 1. The fraction of sp³-hybridized carbons (Fsp3) is 0.188. The molecule has 0 bridgehead atoms. The second-order valence-corrected chi connectivity index (χ2v) is 5.02. The minimum Gasteiger partial charge on any atom is -0.507 e. The summed E-state index contributed by atoms with van der Waals surface area (Å²) in [6, 6.07) is 7.52. The van der Waals surface area contributed by atoms with E-state index in [1.807, 2.05) is 24.6 Å². The van der Waals surface area contributed by atoms with Crippen molar-refractivity contribution >= 4 is 10.9 Å². The molecule has 5 heteroatoms. The van der Waals surface area contributed by atoms with Crippen LogP contribution >= 0.6 is 0 Å². The molecule has 3 aromatic rings. The van der Waals surface area contributed by atoms with Crippen LogP contribution in [-0.4, -0.2) is 14.7 Å². The molecule has 0 amide bonds. The van der Waals surface area contributed by atoms with E-state index in [2.05, 4.69) is 4.98 Å². The van der Waals surface area contributed by atoms with Crippen molar-refractivity contribution in [2.75, 3.05) is 0 Å². The van der Waals surface area contributed by atoms with Gasteiger partial charge in [-0.25, -0.2) is 4.39 Å². The predicted octanol–water partition coefficient (Wildman–Crippen LogP) is 2.94. The first-order valence-corrected chi connectivity index (χ1v) is 6.71. The highest BCUT2D eigenvalue weighted by Gasteiger charge is 2.15. The molecule has 108 valence electrons. The van der Waals surface area contributed by atoms with Gasteiger partial charge in [0.2, 0.25) is 0 Å². The summed E-state index contributed by atoms with van der Waals surface area (Å²) in [5, 5.41) is 10.7. The lowest BCUT2D eigenvalue weighted by atomic mass is 10.1. The second kappa shape index (κ2) is 4.77. The highest BCUT2D eigenvalue weighted by atomic mass is 19.1. The van der Waals surface area contributed by atoms with Gasteiger partial charge in [0, 0.05) is 29.6 Å². The number of halogens is 1. The van der Waals surface area contributed by atoms with Crippen LogP contribution in [0.1, 0.15) is 12.5 Å². The fourth-order valence-electron chi connectivity index (χ4n) is 2.71. The summed E-state index contributed by atoms with van der Waals surface area (Å²) in [5.41, 5.74) is 2.47. The molecule has 3 rings (SSSR count). The molecule has 4 nitrogen and oxygen atoms in total. The normalized spacial score (nSPS) is 11.2. The van der Waals surface area contributed by atoms with Crippen LogP contribution in [0.15, 0.2) is 35.1 Å². The van der Waals surface area contributed by atoms with Crippen molar-refractivity contribution in [2.45, 2.75) is 13.3 Å². The number of rotatable bonds is 2. The Bertz CT molecular complexity index is 893. The fourth-order valence-corrected chi connectivity index (χ4v) is 2.71. The standard InChI is InChI=1S/C16H15FN2O2/c1-3-11-14(20)8-15(21)18-16(11)13-7-9-6-10(17)4-5-12(9)19(13)2/h4-8H,3H2,1-2H3,(H2,18,20,21). The molecular weight excluding hydrogens is 271 g/mol. The molecule has 0 fully saturated rings. The van der Waals surface area contributed by atoms with Gasteiger partial charge < -0.3 is 14.7 Å². The Morgan fingerprint density at radius 3 is 2.76 bits per heavy atom. The van der Waals surface area contributed by atoms with E-state index in [9.17, 15) is 14.3 Å². The maximum Gasteiger partial charge on any atom is 0.252 e. The Labute approximate surface area is 120 Å². The summed E-state index contributed by atoms with van der Waals surface area (Å²) in [6.45, 7) is 1.90. The molecule has 2 aromatic heterocycles. The number of nitrogens with one attached hydrogen (secondary N) is 1. The molecule has 0 aliphatic carbocycles. The molecule has 0 aliphatic heterocycles. The highest BCUT2D eigenvalue weighted by Crippen LogP contribution is 2.31. The number of pyridine rings is 1. The minimum absolute atomic E-state index is 0.0207. The second-order valence-electron chi connectivity index (χ2n) is 5.02. The lowest BCUT2D eigenvalue weighted by molar-refractivity contribution is 0.467. The third kappa shape index (κ3) is 2.11. The van der Waals surface area contributed by atoms with E-state index in [0.717, 1.165) is 16.6 Å². The Morgan fingerprint density at radius 1 is 1.29 bits per heavy atom. The van der Waals surface area contributed by atoms with Gasteiger partial charge in [-0.05, 0) is 30.7 Å². The number of hydrogen-bond acceptors (Lipinski definition) is 2. The number of nitrogens with zero attached hydrogens (tertiary/aromatic N) is 1. The lowest BCUT2D eigenvalue weighted by Crippen LogP contribution is -2.09. The maximum absolute atomic E-state index is 13.3. The number of aromatic amines is 1. The van der Waals surface area contributed by atoms with Crippen LogP contribution in [0.25, 0.3) is 22.3 Å². The van der Waals surface area contributed by atoms with Crippen LogP contribution in [0.2, 0.25) is 0 Å². The zero-order valence-electron chi connectivity index (χ0n) is 11.8. The molecule has 0 unspecified atom stereocenters. The van der Waals surface area contributed by atoms with E-state index in [0.29, 0.717) is 17.7 Å². The number of H-pyrrole nitrogens is 1. The monoisotopic (exact) mass is 286 g/mol. The average molecular weight is 286 g/mol. The SMILES string of the molecule is CCc1c(O)cc(=O)[nH]c1-c1cc2cc(F)ccc2n1C. The zero-order chi connectivity index (χ0) is 15.1. The van der Waals surface area contributed by atoms with Crippen molar-refractivity contribution in [1.82, 2.24) is 9.55 Å². The molecule has 0 radical (unpaired) electrons. The quantitative estimate of drug-likeness (QED) is 0.761. The number of aryl methyl sites for hydroxylation is 1. The first-order chi connectivity index (χ1) is 10.0. The Morgan fingerprint density at radius 2 is 2.05 bits per heavy atom. The third-order valence-electron chi connectivity index (χ3n) is 3.74. The largest absolute Gasteiger partial charge is 0.507 e.